The van der Waals surface area contributed by atoms with E-state index in [1.807, 2.05) is 0 Å². The van der Waals surface area contributed by atoms with E-state index in [0.29, 0.717) is 19.4 Å². The second-order valence-electron chi connectivity index (χ2n) is 5.13. The zero-order valence-electron chi connectivity index (χ0n) is 12.1. The summed E-state index contributed by atoms with van der Waals surface area (Å²) in [5, 5.41) is 22.0. The quantitative estimate of drug-likeness (QED) is 0.484. The number of aliphatic carboxylic acids is 1. The van der Waals surface area contributed by atoms with Crippen LogP contribution in [0.1, 0.15) is 26.7 Å². The van der Waals surface area contributed by atoms with E-state index < -0.39 is 36.0 Å². The second-order valence-corrected chi connectivity index (χ2v) is 5.13. The summed E-state index contributed by atoms with van der Waals surface area (Å²) in [4.78, 5) is 34.7. The second kappa shape index (κ2) is 7.19. The number of hydrazine groups is 1. The average molecular weight is 299 g/mol. The van der Waals surface area contributed by atoms with Gasteiger partial charge in [-0.1, -0.05) is 6.58 Å². The number of hydrogen-bond acceptors (Lipinski definition) is 5. The third-order valence-electron chi connectivity index (χ3n) is 3.19. The molecule has 1 fully saturated rings. The first-order valence-corrected chi connectivity index (χ1v) is 6.68. The molecule has 21 heavy (non-hydrogen) atoms. The number of rotatable bonds is 5. The van der Waals surface area contributed by atoms with Gasteiger partial charge in [-0.3, -0.25) is 19.4 Å². The monoisotopic (exact) mass is 299 g/mol. The van der Waals surface area contributed by atoms with E-state index in [4.69, 9.17) is 5.11 Å². The fourth-order valence-corrected chi connectivity index (χ4v) is 1.93. The molecule has 8 nitrogen and oxygen atoms in total. The summed E-state index contributed by atoms with van der Waals surface area (Å²) in [5.74, 6) is -2.19. The molecule has 1 saturated heterocycles. The highest BCUT2D eigenvalue weighted by Gasteiger charge is 2.31. The van der Waals surface area contributed by atoms with Crippen LogP contribution in [0.5, 0.6) is 0 Å². The van der Waals surface area contributed by atoms with Crippen molar-refractivity contribution >= 4 is 17.8 Å². The highest BCUT2D eigenvalue weighted by Crippen LogP contribution is 2.09. The van der Waals surface area contributed by atoms with E-state index in [0.717, 1.165) is 0 Å². The van der Waals surface area contributed by atoms with Crippen LogP contribution in [-0.2, 0) is 14.4 Å². The van der Waals surface area contributed by atoms with E-state index >= 15 is 0 Å². The van der Waals surface area contributed by atoms with E-state index in [1.54, 1.807) is 0 Å². The van der Waals surface area contributed by atoms with Crippen molar-refractivity contribution in [1.82, 2.24) is 15.8 Å². The zero-order chi connectivity index (χ0) is 16.2. The van der Waals surface area contributed by atoms with Crippen molar-refractivity contribution in [2.75, 3.05) is 6.54 Å². The Labute approximate surface area is 122 Å². The third kappa shape index (κ3) is 4.54. The SMILES string of the molecule is C=C(C)[C@H](O)C(=O)N[C@@H](C)C(=O)N1CCC[C@@H](C(=O)O)N1. The average Bonchev–Trinajstić information content (AvgIpc) is 2.45. The number of carbonyl (C=O) groups excluding carboxylic acids is 2. The number of carboxylic acids is 1. The van der Waals surface area contributed by atoms with Crippen LogP contribution in [-0.4, -0.2) is 57.7 Å². The molecule has 1 aliphatic heterocycles. The lowest BCUT2D eigenvalue weighted by molar-refractivity contribution is -0.148. The van der Waals surface area contributed by atoms with Gasteiger partial charge in [0.1, 0.15) is 12.1 Å². The van der Waals surface area contributed by atoms with Gasteiger partial charge in [-0.15, -0.1) is 0 Å². The fourth-order valence-electron chi connectivity index (χ4n) is 1.93. The standard InChI is InChI=1S/C13H21N3O5/c1-7(2)10(17)11(18)14-8(3)12(19)16-6-4-5-9(15-16)13(20)21/h8-10,15,17H,1,4-6H2,2-3H3,(H,14,18)(H,20,21)/t8-,9-,10-/m0/s1. The summed E-state index contributed by atoms with van der Waals surface area (Å²) in [7, 11) is 0. The van der Waals surface area contributed by atoms with Crippen LogP contribution in [0.3, 0.4) is 0 Å². The first kappa shape index (κ1) is 17.1. The largest absolute Gasteiger partial charge is 0.480 e. The van der Waals surface area contributed by atoms with Crippen LogP contribution in [0.15, 0.2) is 12.2 Å². The minimum atomic E-state index is -1.37. The summed E-state index contributed by atoms with van der Waals surface area (Å²) in [6.07, 6.45) is -0.375. The molecule has 0 saturated carbocycles. The van der Waals surface area contributed by atoms with Gasteiger partial charge in [-0.25, -0.2) is 5.43 Å². The van der Waals surface area contributed by atoms with Gasteiger partial charge in [-0.05, 0) is 32.3 Å². The predicted octanol–water partition coefficient (Wildman–Crippen LogP) is -0.992. The molecular formula is C13H21N3O5. The molecule has 0 radical (unpaired) electrons. The Bertz CT molecular complexity index is 451. The van der Waals surface area contributed by atoms with Crippen molar-refractivity contribution in [3.63, 3.8) is 0 Å². The molecule has 0 aromatic heterocycles. The summed E-state index contributed by atoms with van der Waals surface area (Å²) >= 11 is 0. The lowest BCUT2D eigenvalue weighted by atomic mass is 10.1. The van der Waals surface area contributed by atoms with Crippen LogP contribution in [0.4, 0.5) is 0 Å². The van der Waals surface area contributed by atoms with Crippen molar-refractivity contribution < 1.29 is 24.6 Å². The van der Waals surface area contributed by atoms with Gasteiger partial charge in [0.25, 0.3) is 11.8 Å². The molecule has 0 aliphatic carbocycles. The van der Waals surface area contributed by atoms with Crippen molar-refractivity contribution in [3.8, 4) is 0 Å². The molecule has 118 valence electrons. The highest BCUT2D eigenvalue weighted by atomic mass is 16.4. The molecule has 8 heteroatoms. The molecule has 1 heterocycles. The van der Waals surface area contributed by atoms with Crippen molar-refractivity contribution in [2.45, 2.75) is 44.9 Å². The van der Waals surface area contributed by atoms with Crippen LogP contribution < -0.4 is 10.7 Å². The van der Waals surface area contributed by atoms with E-state index in [9.17, 15) is 19.5 Å². The maximum Gasteiger partial charge on any atom is 0.322 e. The number of hydrogen-bond donors (Lipinski definition) is 4. The smallest absolute Gasteiger partial charge is 0.322 e. The Kier molecular flexibility index (Phi) is 5.86. The molecular weight excluding hydrogens is 278 g/mol. The normalized spacial score (nSPS) is 21.3. The first-order valence-electron chi connectivity index (χ1n) is 6.68. The van der Waals surface area contributed by atoms with Gasteiger partial charge in [0, 0.05) is 6.54 Å². The van der Waals surface area contributed by atoms with Crippen molar-refractivity contribution in [1.29, 1.82) is 0 Å². The molecule has 3 atom stereocenters. The third-order valence-corrected chi connectivity index (χ3v) is 3.19. The number of carbonyl (C=O) groups is 3. The van der Waals surface area contributed by atoms with Gasteiger partial charge in [-0.2, -0.15) is 0 Å². The van der Waals surface area contributed by atoms with Gasteiger partial charge in [0.05, 0.1) is 0 Å². The van der Waals surface area contributed by atoms with Gasteiger partial charge in [0.15, 0.2) is 6.10 Å². The molecule has 4 N–H and O–H groups in total. The van der Waals surface area contributed by atoms with Crippen LogP contribution in [0, 0.1) is 0 Å². The van der Waals surface area contributed by atoms with Crippen LogP contribution in [0.2, 0.25) is 0 Å². The minimum Gasteiger partial charge on any atom is -0.480 e. The van der Waals surface area contributed by atoms with E-state index in [-0.39, 0.29) is 5.57 Å². The Balaban J connectivity index is 2.59. The molecule has 1 rings (SSSR count). The van der Waals surface area contributed by atoms with Crippen LogP contribution in [0.25, 0.3) is 0 Å². The molecule has 2 amide bonds. The lowest BCUT2D eigenvalue weighted by Crippen LogP contribution is -2.59. The first-order chi connectivity index (χ1) is 9.73. The number of aliphatic hydroxyl groups is 1. The van der Waals surface area contributed by atoms with Crippen molar-refractivity contribution in [2.24, 2.45) is 0 Å². The maximum absolute atomic E-state index is 12.1. The Morgan fingerprint density at radius 2 is 2.05 bits per heavy atom. The Morgan fingerprint density at radius 3 is 2.57 bits per heavy atom. The zero-order valence-corrected chi connectivity index (χ0v) is 12.1. The highest BCUT2D eigenvalue weighted by molar-refractivity contribution is 5.90. The minimum absolute atomic E-state index is 0.272. The molecule has 0 bridgehead atoms. The molecule has 1 aliphatic rings. The molecule has 0 aromatic rings. The number of nitrogens with one attached hydrogen (secondary N) is 2. The molecule has 0 unspecified atom stereocenters. The number of nitrogens with zero attached hydrogens (tertiary/aromatic N) is 1. The number of carboxylic acid groups (broad SMARTS) is 1. The van der Waals surface area contributed by atoms with Gasteiger partial charge in [0.2, 0.25) is 0 Å². The van der Waals surface area contributed by atoms with E-state index in [2.05, 4.69) is 17.3 Å². The van der Waals surface area contributed by atoms with Gasteiger partial charge < -0.3 is 15.5 Å². The maximum atomic E-state index is 12.1. The van der Waals surface area contributed by atoms with Crippen LogP contribution >= 0.6 is 0 Å². The Hall–Kier alpha value is -1.93. The van der Waals surface area contributed by atoms with Crippen molar-refractivity contribution in [3.05, 3.63) is 12.2 Å². The predicted molar refractivity (Wildman–Crippen MR) is 73.9 cm³/mol. The summed E-state index contributed by atoms with van der Waals surface area (Å²) in [6, 6.07) is -1.70. The van der Waals surface area contributed by atoms with Gasteiger partial charge >= 0.3 is 5.97 Å². The summed E-state index contributed by atoms with van der Waals surface area (Å²) in [5.41, 5.74) is 2.88. The number of amides is 2. The van der Waals surface area contributed by atoms with E-state index in [1.165, 1.54) is 18.9 Å². The summed E-state index contributed by atoms with van der Waals surface area (Å²) < 4.78 is 0. The molecule has 0 spiro atoms. The molecule has 0 aromatic carbocycles. The number of aliphatic hydroxyl groups excluding tert-OH is 1. The Morgan fingerprint density at radius 1 is 1.43 bits per heavy atom. The lowest BCUT2D eigenvalue weighted by Gasteiger charge is -2.33. The topological polar surface area (TPSA) is 119 Å². The fraction of sp³-hybridized carbons (Fsp3) is 0.615. The summed E-state index contributed by atoms with van der Waals surface area (Å²) in [6.45, 7) is 6.80.